The van der Waals surface area contributed by atoms with Crippen molar-refractivity contribution >= 4 is 5.97 Å². The molecule has 0 bridgehead atoms. The van der Waals surface area contributed by atoms with Gasteiger partial charge >= 0.3 is 5.97 Å². The van der Waals surface area contributed by atoms with E-state index in [1.54, 1.807) is 0 Å². The molecule has 0 rings (SSSR count). The van der Waals surface area contributed by atoms with Crippen LogP contribution in [0.3, 0.4) is 0 Å². The van der Waals surface area contributed by atoms with E-state index in [9.17, 15) is 10.0 Å². The second-order valence-electron chi connectivity index (χ2n) is 3.03. The number of hydrogen-bond acceptors (Lipinski definition) is 5. The summed E-state index contributed by atoms with van der Waals surface area (Å²) in [6.07, 6.45) is 0. The van der Waals surface area contributed by atoms with E-state index in [2.05, 4.69) is 16.2 Å². The van der Waals surface area contributed by atoms with Crippen LogP contribution in [0, 0.1) is 5.21 Å². The number of rotatable bonds is 6. The quantitative estimate of drug-likeness (QED) is 0.158. The predicted octanol–water partition coefficient (Wildman–Crippen LogP) is 0.543. The molecule has 0 atom stereocenters. The molecule has 6 nitrogen and oxygen atoms in total. The SMILES string of the molecule is C=C(C)C(=O)OCOCO[N+](C)(C)[O-]. The van der Waals surface area contributed by atoms with Gasteiger partial charge in [-0.2, -0.15) is 4.84 Å². The highest BCUT2D eigenvalue weighted by Gasteiger charge is 2.04. The molecule has 0 aromatic heterocycles. The number of hydroxylamine groups is 4. The van der Waals surface area contributed by atoms with Gasteiger partial charge in [0.2, 0.25) is 6.79 Å². The Morgan fingerprint density at radius 2 is 2.00 bits per heavy atom. The van der Waals surface area contributed by atoms with E-state index in [0.717, 1.165) is 0 Å². The van der Waals surface area contributed by atoms with Crippen LogP contribution < -0.4 is 0 Å². The summed E-state index contributed by atoms with van der Waals surface area (Å²) in [7, 11) is 2.59. The lowest BCUT2D eigenvalue weighted by Gasteiger charge is -2.29. The summed E-state index contributed by atoms with van der Waals surface area (Å²) in [6, 6.07) is 0. The molecular weight excluding hydrogens is 190 g/mol. The Kier molecular flexibility index (Phi) is 5.32. The highest BCUT2D eigenvalue weighted by Crippen LogP contribution is 1.95. The molecule has 0 aromatic rings. The maximum atomic E-state index is 10.8. The van der Waals surface area contributed by atoms with E-state index >= 15 is 0 Å². The lowest BCUT2D eigenvalue weighted by molar-refractivity contribution is -1.04. The largest absolute Gasteiger partial charge is 0.599 e. The molecule has 0 radical (unpaired) electrons. The lowest BCUT2D eigenvalue weighted by Crippen LogP contribution is -2.33. The van der Waals surface area contributed by atoms with Crippen molar-refractivity contribution in [3.05, 3.63) is 17.4 Å². The predicted molar refractivity (Wildman–Crippen MR) is 48.3 cm³/mol. The number of ether oxygens (including phenoxy) is 2. The van der Waals surface area contributed by atoms with Crippen LogP contribution in [0.1, 0.15) is 6.92 Å². The molecule has 0 spiro atoms. The van der Waals surface area contributed by atoms with Gasteiger partial charge in [0.05, 0.1) is 14.1 Å². The van der Waals surface area contributed by atoms with Gasteiger partial charge in [0.25, 0.3) is 0 Å². The first-order valence-corrected chi connectivity index (χ1v) is 3.93. The standard InChI is InChI=1S/C8H15NO5/c1-7(2)8(10)13-5-12-6-14-9(3,4)11/h1,5-6H2,2-4H3. The summed E-state index contributed by atoms with van der Waals surface area (Å²) in [5.41, 5.74) is 0.287. The molecule has 82 valence electrons. The first-order valence-electron chi connectivity index (χ1n) is 3.93. The third-order valence-electron chi connectivity index (χ3n) is 1.07. The first-order chi connectivity index (χ1) is 6.33. The molecule has 0 saturated heterocycles. The zero-order valence-electron chi connectivity index (χ0n) is 8.61. The maximum Gasteiger partial charge on any atom is 0.335 e. The van der Waals surface area contributed by atoms with Crippen molar-refractivity contribution in [3.8, 4) is 0 Å². The summed E-state index contributed by atoms with van der Waals surface area (Å²) < 4.78 is 9.28. The first kappa shape index (κ1) is 13.1. The molecule has 0 aromatic carbocycles. The maximum absolute atomic E-state index is 10.8. The highest BCUT2D eigenvalue weighted by molar-refractivity contribution is 5.86. The van der Waals surface area contributed by atoms with Gasteiger partial charge in [-0.05, 0) is 6.92 Å². The Balaban J connectivity index is 3.39. The molecule has 6 heteroatoms. The average Bonchev–Trinajstić information content (AvgIpc) is 2.01. The molecule has 0 aliphatic heterocycles. The van der Waals surface area contributed by atoms with Gasteiger partial charge < -0.3 is 14.7 Å². The van der Waals surface area contributed by atoms with Crippen molar-refractivity contribution < 1.29 is 23.9 Å². The van der Waals surface area contributed by atoms with Gasteiger partial charge in [-0.25, -0.2) is 9.60 Å². The minimum atomic E-state index is -0.922. The third kappa shape index (κ3) is 7.69. The zero-order valence-corrected chi connectivity index (χ0v) is 8.61. The fourth-order valence-corrected chi connectivity index (χ4v) is 0.417. The minimum Gasteiger partial charge on any atom is -0.599 e. The number of carbonyl (C=O) groups excluding carboxylic acids is 1. The molecule has 0 unspecified atom stereocenters. The number of carbonyl (C=O) groups is 1. The van der Waals surface area contributed by atoms with Crippen LogP contribution in [0.25, 0.3) is 0 Å². The van der Waals surface area contributed by atoms with E-state index in [1.807, 2.05) is 0 Å². The van der Waals surface area contributed by atoms with E-state index < -0.39 is 10.8 Å². The summed E-state index contributed by atoms with van der Waals surface area (Å²) in [5, 5.41) is 10.8. The topological polar surface area (TPSA) is 67.8 Å². The second kappa shape index (κ2) is 5.71. The second-order valence-corrected chi connectivity index (χ2v) is 3.03. The Morgan fingerprint density at radius 3 is 2.43 bits per heavy atom. The van der Waals surface area contributed by atoms with Crippen LogP contribution in [0.5, 0.6) is 0 Å². The van der Waals surface area contributed by atoms with Crippen LogP contribution in [0.2, 0.25) is 0 Å². The monoisotopic (exact) mass is 205 g/mol. The van der Waals surface area contributed by atoms with E-state index in [1.165, 1.54) is 21.0 Å². The number of nitrogens with zero attached hydrogens (tertiary/aromatic N) is 1. The molecule has 0 heterocycles. The van der Waals surface area contributed by atoms with Crippen LogP contribution in [-0.2, 0) is 19.1 Å². The van der Waals surface area contributed by atoms with Crippen molar-refractivity contribution in [2.75, 3.05) is 27.7 Å². The lowest BCUT2D eigenvalue weighted by atomic mass is 10.4. The van der Waals surface area contributed by atoms with Crippen LogP contribution >= 0.6 is 0 Å². The van der Waals surface area contributed by atoms with Gasteiger partial charge in [0.1, 0.15) is 0 Å². The Labute approximate surface area is 82.8 Å². The van der Waals surface area contributed by atoms with Crippen molar-refractivity contribution in [1.82, 2.24) is 0 Å². The fraction of sp³-hybridized carbons (Fsp3) is 0.625. The molecule has 0 saturated carbocycles. The van der Waals surface area contributed by atoms with E-state index in [-0.39, 0.29) is 19.2 Å². The van der Waals surface area contributed by atoms with Gasteiger partial charge in [0.15, 0.2) is 6.79 Å². The van der Waals surface area contributed by atoms with E-state index in [0.29, 0.717) is 0 Å². The van der Waals surface area contributed by atoms with Crippen LogP contribution in [0.15, 0.2) is 12.2 Å². The van der Waals surface area contributed by atoms with Gasteiger partial charge in [-0.15, -0.1) is 0 Å². The van der Waals surface area contributed by atoms with Gasteiger partial charge in [-0.1, -0.05) is 6.58 Å². The summed E-state index contributed by atoms with van der Waals surface area (Å²) in [4.78, 5) is 14.5. The van der Waals surface area contributed by atoms with Crippen LogP contribution in [-0.4, -0.2) is 38.5 Å². The Morgan fingerprint density at radius 1 is 1.43 bits per heavy atom. The van der Waals surface area contributed by atoms with E-state index in [4.69, 9.17) is 4.74 Å². The zero-order chi connectivity index (χ0) is 11.2. The molecule has 0 N–H and O–H groups in total. The summed E-state index contributed by atoms with van der Waals surface area (Å²) >= 11 is 0. The van der Waals surface area contributed by atoms with Crippen molar-refractivity contribution in [2.24, 2.45) is 0 Å². The molecule has 0 fully saturated rings. The summed E-state index contributed by atoms with van der Waals surface area (Å²) in [5.74, 6) is -0.541. The molecular formula is C8H15NO5. The third-order valence-corrected chi connectivity index (χ3v) is 1.07. The molecule has 0 amide bonds. The molecule has 14 heavy (non-hydrogen) atoms. The van der Waals surface area contributed by atoms with Crippen molar-refractivity contribution in [1.29, 1.82) is 0 Å². The van der Waals surface area contributed by atoms with Gasteiger partial charge in [-0.3, -0.25) is 0 Å². The molecule has 0 aliphatic rings. The Bertz CT molecular complexity index is 208. The Hall–Kier alpha value is -0.950. The fourth-order valence-electron chi connectivity index (χ4n) is 0.417. The van der Waals surface area contributed by atoms with Gasteiger partial charge in [0, 0.05) is 5.57 Å². The van der Waals surface area contributed by atoms with Crippen LogP contribution in [0.4, 0.5) is 0 Å². The number of hydrogen-bond donors (Lipinski definition) is 0. The summed E-state index contributed by atoms with van der Waals surface area (Å²) in [6.45, 7) is 4.41. The minimum absolute atomic E-state index is 0.236. The molecule has 0 aliphatic carbocycles. The highest BCUT2D eigenvalue weighted by atomic mass is 17.0. The van der Waals surface area contributed by atoms with Crippen molar-refractivity contribution in [2.45, 2.75) is 6.92 Å². The smallest absolute Gasteiger partial charge is 0.335 e. The normalized spacial score (nSPS) is 11.1. The average molecular weight is 205 g/mol. The number of quaternary nitrogens is 1. The van der Waals surface area contributed by atoms with Crippen molar-refractivity contribution in [3.63, 3.8) is 0 Å². The number of esters is 1.